The molecule has 0 aromatic carbocycles. The maximum absolute atomic E-state index is 10.0. The van der Waals surface area contributed by atoms with Gasteiger partial charge >= 0.3 is 0 Å². The van der Waals surface area contributed by atoms with Gasteiger partial charge in [0.1, 0.15) is 0 Å². The van der Waals surface area contributed by atoms with Gasteiger partial charge in [0, 0.05) is 17.5 Å². The molecule has 92 valence electrons. The molecule has 4 heteroatoms. The van der Waals surface area contributed by atoms with Crippen molar-refractivity contribution >= 4 is 0 Å². The third kappa shape index (κ3) is 3.41. The average molecular weight is 218 g/mol. The zero-order chi connectivity index (χ0) is 12.2. The highest BCUT2D eigenvalue weighted by molar-refractivity contribution is 4.93. The molecule has 0 amide bonds. The Morgan fingerprint density at radius 1 is 0.933 bits per heavy atom. The predicted octanol–water partition coefficient (Wildman–Crippen LogP) is 0.209. The predicted molar refractivity (Wildman–Crippen MR) is 62.3 cm³/mol. The van der Waals surface area contributed by atoms with Gasteiger partial charge in [0.15, 0.2) is 0 Å². The molecule has 0 saturated carbocycles. The minimum atomic E-state index is -0.741. The summed E-state index contributed by atoms with van der Waals surface area (Å²) in [7, 11) is 0. The van der Waals surface area contributed by atoms with E-state index in [1.54, 1.807) is 13.8 Å². The second-order valence-corrected chi connectivity index (χ2v) is 4.86. The van der Waals surface area contributed by atoms with E-state index >= 15 is 0 Å². The minimum Gasteiger partial charge on any atom is -0.391 e. The topological polar surface area (TPSA) is 92.5 Å². The molecule has 0 aliphatic carbocycles. The van der Waals surface area contributed by atoms with E-state index in [2.05, 4.69) is 0 Å². The van der Waals surface area contributed by atoms with E-state index in [9.17, 15) is 10.2 Å². The first-order valence-corrected chi connectivity index (χ1v) is 5.66. The summed E-state index contributed by atoms with van der Waals surface area (Å²) in [6.45, 7) is 7.42. The fraction of sp³-hybridized carbons (Fsp3) is 1.00. The van der Waals surface area contributed by atoms with Gasteiger partial charge < -0.3 is 21.7 Å². The van der Waals surface area contributed by atoms with Crippen LogP contribution in [0.1, 0.15) is 40.5 Å². The lowest BCUT2D eigenvalue weighted by Gasteiger charge is -2.40. The summed E-state index contributed by atoms with van der Waals surface area (Å²) >= 11 is 0. The largest absolute Gasteiger partial charge is 0.391 e. The second-order valence-electron chi connectivity index (χ2n) is 4.86. The molecule has 4 nitrogen and oxygen atoms in total. The molecule has 0 heterocycles. The number of hydrogen-bond donors (Lipinski definition) is 4. The van der Waals surface area contributed by atoms with Crippen LogP contribution in [0.2, 0.25) is 0 Å². The van der Waals surface area contributed by atoms with Crippen molar-refractivity contribution in [2.45, 2.75) is 64.8 Å². The van der Waals surface area contributed by atoms with Crippen LogP contribution in [0.15, 0.2) is 0 Å². The molecule has 0 spiro atoms. The Labute approximate surface area is 92.7 Å². The van der Waals surface area contributed by atoms with Crippen molar-refractivity contribution in [3.05, 3.63) is 0 Å². The van der Waals surface area contributed by atoms with Gasteiger partial charge in [-0.15, -0.1) is 0 Å². The molecule has 4 unspecified atom stereocenters. The number of hydrogen-bond acceptors (Lipinski definition) is 4. The third-order valence-electron chi connectivity index (χ3n) is 3.28. The standard InChI is InChI=1S/C11H26N2O2/c1-5-7(12)9(14)11(3,4)10(15)8(13)6-2/h7-10,14-15H,5-6,12-13H2,1-4H3. The van der Waals surface area contributed by atoms with Crippen molar-refractivity contribution in [1.82, 2.24) is 0 Å². The third-order valence-corrected chi connectivity index (χ3v) is 3.28. The highest BCUT2D eigenvalue weighted by Crippen LogP contribution is 2.29. The molecule has 6 N–H and O–H groups in total. The first-order chi connectivity index (χ1) is 6.78. The molecule has 0 bridgehead atoms. The molecule has 0 fully saturated rings. The number of aliphatic hydroxyl groups is 2. The minimum absolute atomic E-state index is 0.321. The van der Waals surface area contributed by atoms with Crippen molar-refractivity contribution in [1.29, 1.82) is 0 Å². The fourth-order valence-electron chi connectivity index (χ4n) is 1.72. The lowest BCUT2D eigenvalue weighted by Crippen LogP contribution is -2.55. The van der Waals surface area contributed by atoms with Gasteiger partial charge in [0.25, 0.3) is 0 Å². The highest BCUT2D eigenvalue weighted by atomic mass is 16.3. The van der Waals surface area contributed by atoms with Crippen molar-refractivity contribution in [2.24, 2.45) is 16.9 Å². The molecule has 4 atom stereocenters. The molecule has 0 aliphatic rings. The van der Waals surface area contributed by atoms with Gasteiger partial charge in [-0.3, -0.25) is 0 Å². The van der Waals surface area contributed by atoms with Crippen LogP contribution in [0.3, 0.4) is 0 Å². The summed E-state index contributed by atoms with van der Waals surface area (Å²) in [5.41, 5.74) is 10.9. The normalized spacial score (nSPS) is 20.8. The van der Waals surface area contributed by atoms with Crippen LogP contribution in [-0.4, -0.2) is 34.5 Å². The second kappa shape index (κ2) is 5.80. The van der Waals surface area contributed by atoms with Crippen molar-refractivity contribution in [3.8, 4) is 0 Å². The van der Waals surface area contributed by atoms with E-state index in [1.165, 1.54) is 0 Å². The molecule has 0 aromatic rings. The van der Waals surface area contributed by atoms with Gasteiger partial charge in [-0.25, -0.2) is 0 Å². The van der Waals surface area contributed by atoms with E-state index in [0.29, 0.717) is 12.8 Å². The lowest BCUT2D eigenvalue weighted by atomic mass is 9.74. The Morgan fingerprint density at radius 3 is 1.40 bits per heavy atom. The molecule has 0 rings (SSSR count). The molecule has 0 aromatic heterocycles. The molecule has 0 radical (unpaired) electrons. The van der Waals surface area contributed by atoms with Crippen molar-refractivity contribution in [2.75, 3.05) is 0 Å². The van der Waals surface area contributed by atoms with E-state index in [-0.39, 0.29) is 12.1 Å². The zero-order valence-corrected chi connectivity index (χ0v) is 10.3. The smallest absolute Gasteiger partial charge is 0.0767 e. The van der Waals surface area contributed by atoms with Gasteiger partial charge in [0.2, 0.25) is 0 Å². The maximum Gasteiger partial charge on any atom is 0.0767 e. The molecular weight excluding hydrogens is 192 g/mol. The number of aliphatic hydroxyl groups excluding tert-OH is 2. The monoisotopic (exact) mass is 218 g/mol. The Morgan fingerprint density at radius 2 is 1.20 bits per heavy atom. The molecular formula is C11H26N2O2. The summed E-state index contributed by atoms with van der Waals surface area (Å²) < 4.78 is 0. The molecule has 0 saturated heterocycles. The van der Waals surface area contributed by atoms with Crippen LogP contribution >= 0.6 is 0 Å². The van der Waals surface area contributed by atoms with Crippen LogP contribution in [0.4, 0.5) is 0 Å². The highest BCUT2D eigenvalue weighted by Gasteiger charge is 2.40. The Balaban J connectivity index is 4.64. The van der Waals surface area contributed by atoms with Crippen LogP contribution < -0.4 is 11.5 Å². The first kappa shape index (κ1) is 14.8. The Bertz CT molecular complexity index is 167. The van der Waals surface area contributed by atoms with Gasteiger partial charge in [-0.1, -0.05) is 27.7 Å². The summed E-state index contributed by atoms with van der Waals surface area (Å²) in [5.74, 6) is 0. The van der Waals surface area contributed by atoms with Gasteiger partial charge in [-0.05, 0) is 12.8 Å². The van der Waals surface area contributed by atoms with Crippen LogP contribution in [0, 0.1) is 5.41 Å². The summed E-state index contributed by atoms with van der Waals surface area (Å²) in [5, 5.41) is 20.0. The van der Waals surface area contributed by atoms with Crippen molar-refractivity contribution in [3.63, 3.8) is 0 Å². The summed E-state index contributed by atoms with van der Waals surface area (Å²) in [6.07, 6.45) is -0.123. The SMILES string of the molecule is CCC(N)C(O)C(C)(C)C(O)C(N)CC. The number of nitrogens with two attached hydrogens (primary N) is 2. The van der Waals surface area contributed by atoms with Gasteiger partial charge in [-0.2, -0.15) is 0 Å². The summed E-state index contributed by atoms with van der Waals surface area (Å²) in [4.78, 5) is 0. The van der Waals surface area contributed by atoms with Crippen LogP contribution in [0.25, 0.3) is 0 Å². The summed E-state index contributed by atoms with van der Waals surface area (Å²) in [6, 6.07) is -0.641. The van der Waals surface area contributed by atoms with Crippen LogP contribution in [0.5, 0.6) is 0 Å². The van der Waals surface area contributed by atoms with Crippen LogP contribution in [-0.2, 0) is 0 Å². The van der Waals surface area contributed by atoms with E-state index in [1.807, 2.05) is 13.8 Å². The lowest BCUT2D eigenvalue weighted by molar-refractivity contribution is -0.0686. The average Bonchev–Trinajstić information content (AvgIpc) is 2.24. The molecule has 0 aliphatic heterocycles. The van der Waals surface area contributed by atoms with E-state index in [4.69, 9.17) is 11.5 Å². The Hall–Kier alpha value is -0.160. The quantitative estimate of drug-likeness (QED) is 0.513. The van der Waals surface area contributed by atoms with E-state index in [0.717, 1.165) is 0 Å². The molecule has 15 heavy (non-hydrogen) atoms. The van der Waals surface area contributed by atoms with Crippen molar-refractivity contribution < 1.29 is 10.2 Å². The maximum atomic E-state index is 10.0. The van der Waals surface area contributed by atoms with E-state index < -0.39 is 17.6 Å². The first-order valence-electron chi connectivity index (χ1n) is 5.66. The Kier molecular flexibility index (Phi) is 5.73. The van der Waals surface area contributed by atoms with Gasteiger partial charge in [0.05, 0.1) is 12.2 Å². The fourth-order valence-corrected chi connectivity index (χ4v) is 1.72. The zero-order valence-electron chi connectivity index (χ0n) is 10.3. The number of rotatable bonds is 6.